The second kappa shape index (κ2) is 16.1. The van der Waals surface area contributed by atoms with Crippen LogP contribution >= 0.6 is 0 Å². The normalized spacial score (nSPS) is 12.1. The van der Waals surface area contributed by atoms with Crippen LogP contribution in [0.4, 0.5) is 17.1 Å². The molecule has 292 valence electrons. The maximum atomic E-state index is 9.75. The molecule has 0 bridgehead atoms. The van der Waals surface area contributed by atoms with E-state index in [2.05, 4.69) is 102 Å². The minimum absolute atomic E-state index is 0.108. The molecule has 11 aromatic rings. The van der Waals surface area contributed by atoms with Gasteiger partial charge in [0.1, 0.15) is 0 Å². The van der Waals surface area contributed by atoms with Crippen LogP contribution in [0, 0.1) is 0 Å². The van der Waals surface area contributed by atoms with Crippen LogP contribution in [0.5, 0.6) is 0 Å². The summed E-state index contributed by atoms with van der Waals surface area (Å²) in [5, 5.41) is 2.00. The number of benzene rings is 10. The van der Waals surface area contributed by atoms with Crippen molar-refractivity contribution in [2.24, 2.45) is 0 Å². The van der Waals surface area contributed by atoms with Gasteiger partial charge >= 0.3 is 0 Å². The van der Waals surface area contributed by atoms with Crippen LogP contribution in [0.2, 0.25) is 0 Å². The maximum Gasteiger partial charge on any atom is 0.0645 e. The van der Waals surface area contributed by atoms with Crippen LogP contribution < -0.4 is 4.90 Å². The summed E-state index contributed by atoms with van der Waals surface area (Å²) in [4.78, 5) is 1.88. The minimum Gasteiger partial charge on any atom is -0.310 e. The topological polar surface area (TPSA) is 8.17 Å². The first kappa shape index (κ1) is 32.6. The van der Waals surface area contributed by atoms with E-state index in [9.17, 15) is 5.48 Å². The van der Waals surface area contributed by atoms with Gasteiger partial charge in [0.15, 0.2) is 0 Å². The van der Waals surface area contributed by atoms with Crippen LogP contribution in [-0.4, -0.2) is 4.57 Å². The highest BCUT2D eigenvalue weighted by molar-refractivity contribution is 6.10. The summed E-state index contributed by atoms with van der Waals surface area (Å²) in [6.07, 6.45) is 0. The lowest BCUT2D eigenvalue weighted by atomic mass is 9.99. The Morgan fingerprint density at radius 3 is 1.37 bits per heavy atom. The van der Waals surface area contributed by atoms with Gasteiger partial charge < -0.3 is 9.47 Å². The lowest BCUT2D eigenvalue weighted by molar-refractivity contribution is 1.18. The molecule has 0 spiro atoms. The van der Waals surface area contributed by atoms with Crippen molar-refractivity contribution in [3.05, 3.63) is 255 Å². The molecule has 10 aromatic carbocycles. The van der Waals surface area contributed by atoms with Crippen molar-refractivity contribution in [3.8, 4) is 61.3 Å². The fourth-order valence-electron chi connectivity index (χ4n) is 8.61. The molecule has 0 N–H and O–H groups in total. The molecular formula is C60H42N2. The van der Waals surface area contributed by atoms with Gasteiger partial charge in [-0.05, 0) is 111 Å². The maximum absolute atomic E-state index is 9.75. The molecule has 0 unspecified atom stereocenters. The minimum atomic E-state index is -0.129. The van der Waals surface area contributed by atoms with E-state index >= 15 is 0 Å². The monoisotopic (exact) mass is 794 g/mol. The van der Waals surface area contributed by atoms with Crippen LogP contribution in [0.3, 0.4) is 0 Å². The van der Waals surface area contributed by atoms with Crippen molar-refractivity contribution >= 4 is 38.9 Å². The molecule has 0 amide bonds. The van der Waals surface area contributed by atoms with Gasteiger partial charge in [-0.15, -0.1) is 0 Å². The molecule has 2 nitrogen and oxygen atoms in total. The van der Waals surface area contributed by atoms with Gasteiger partial charge in [-0.25, -0.2) is 0 Å². The summed E-state index contributed by atoms with van der Waals surface area (Å²) >= 11 is 0. The smallest absolute Gasteiger partial charge is 0.0645 e. The van der Waals surface area contributed by atoms with E-state index in [1.165, 1.54) is 0 Å². The summed E-state index contributed by atoms with van der Waals surface area (Å²) in [6.45, 7) is 0. The van der Waals surface area contributed by atoms with Gasteiger partial charge in [0.25, 0.3) is 0 Å². The Hall–Kier alpha value is -8.20. The summed E-state index contributed by atoms with van der Waals surface area (Å²) in [7, 11) is 0. The van der Waals surface area contributed by atoms with Gasteiger partial charge in [0.2, 0.25) is 0 Å². The summed E-state index contributed by atoms with van der Waals surface area (Å²) < 4.78 is 41.0. The number of nitrogens with zero attached hydrogens (tertiary/aromatic N) is 2. The fraction of sp³-hybridized carbons (Fsp3) is 0. The van der Waals surface area contributed by atoms with E-state index in [-0.39, 0.29) is 35.4 Å². The van der Waals surface area contributed by atoms with Crippen LogP contribution in [0.25, 0.3) is 83.1 Å². The molecule has 0 saturated heterocycles. The molecule has 0 fully saturated rings. The Bertz CT molecular complexity index is 3500. The Morgan fingerprint density at radius 2 is 0.758 bits per heavy atom. The quantitative estimate of drug-likeness (QED) is 0.141. The number of rotatable bonds is 9. The third-order valence-electron chi connectivity index (χ3n) is 11.7. The first-order valence-electron chi connectivity index (χ1n) is 22.9. The molecule has 0 aliphatic rings. The van der Waals surface area contributed by atoms with Crippen molar-refractivity contribution in [3.63, 3.8) is 0 Å². The standard InChI is InChI=1S/C60H42N2/c1-4-14-43(15-5-1)45-24-26-46(27-25-45)48-28-35-52(36-29-48)61(58-22-12-10-20-55(58)50-18-8-3-9-19-50)53-37-32-49(33-38-53)51-34-41-60-57(42-51)56-21-11-13-23-59(56)62(60)54-39-30-47(31-40-54)44-16-6-2-7-17-44/h1-42H/i32D,33D,37D,38D. The van der Waals surface area contributed by atoms with Gasteiger partial charge in [-0.2, -0.15) is 0 Å². The van der Waals surface area contributed by atoms with Gasteiger partial charge in [-0.1, -0.05) is 194 Å². The number of anilines is 3. The summed E-state index contributed by atoms with van der Waals surface area (Å²) in [5.74, 6) is 0. The van der Waals surface area contributed by atoms with Crippen molar-refractivity contribution in [2.75, 3.05) is 4.90 Å². The molecule has 2 heteroatoms. The molecule has 0 saturated carbocycles. The van der Waals surface area contributed by atoms with Crippen molar-refractivity contribution in [1.82, 2.24) is 4.57 Å². The lowest BCUT2D eigenvalue weighted by Gasteiger charge is -2.28. The third-order valence-corrected chi connectivity index (χ3v) is 11.7. The Balaban J connectivity index is 1.03. The number of hydrogen-bond acceptors (Lipinski definition) is 1. The summed E-state index contributed by atoms with van der Waals surface area (Å²) in [5.41, 5.74) is 14.1. The van der Waals surface area contributed by atoms with Crippen LogP contribution in [0.1, 0.15) is 5.48 Å². The van der Waals surface area contributed by atoms with Crippen molar-refractivity contribution < 1.29 is 5.48 Å². The molecule has 0 aliphatic heterocycles. The average molecular weight is 795 g/mol. The van der Waals surface area contributed by atoms with E-state index in [1.54, 1.807) is 0 Å². The average Bonchev–Trinajstić information content (AvgIpc) is 3.72. The predicted octanol–water partition coefficient (Wildman–Crippen LogP) is 16.6. The molecule has 0 aliphatic carbocycles. The highest BCUT2D eigenvalue weighted by atomic mass is 15.1. The Kier molecular flexibility index (Phi) is 8.47. The van der Waals surface area contributed by atoms with E-state index in [1.807, 2.05) is 138 Å². The zero-order valence-corrected chi connectivity index (χ0v) is 33.8. The first-order valence-corrected chi connectivity index (χ1v) is 20.9. The molecule has 0 radical (unpaired) electrons. The highest BCUT2D eigenvalue weighted by Gasteiger charge is 2.18. The van der Waals surface area contributed by atoms with Crippen LogP contribution in [-0.2, 0) is 0 Å². The van der Waals surface area contributed by atoms with E-state index in [0.29, 0.717) is 11.3 Å². The Labute approximate surface area is 368 Å². The highest BCUT2D eigenvalue weighted by Crippen LogP contribution is 2.42. The number of aromatic nitrogens is 1. The lowest BCUT2D eigenvalue weighted by Crippen LogP contribution is -2.11. The Morgan fingerprint density at radius 1 is 0.306 bits per heavy atom. The second-order valence-corrected chi connectivity index (χ2v) is 15.4. The van der Waals surface area contributed by atoms with Gasteiger partial charge in [0, 0.05) is 33.4 Å². The number of para-hydroxylation sites is 2. The SMILES string of the molecule is [2H]c1c([2H])c(N(c2ccc(-c3ccc(-c4ccccc4)cc3)cc2)c2ccccc2-c2ccccc2)c([2H])c([2H])c1-c1ccc2c(c1)c1ccccc1n2-c1ccc(-c2ccccc2)cc1. The van der Waals surface area contributed by atoms with Gasteiger partial charge in [-0.3, -0.25) is 0 Å². The summed E-state index contributed by atoms with van der Waals surface area (Å²) in [6, 6.07) is 77.7. The predicted molar refractivity (Wildman–Crippen MR) is 263 cm³/mol. The van der Waals surface area contributed by atoms with E-state index in [0.717, 1.165) is 77.7 Å². The molecule has 11 rings (SSSR count). The van der Waals surface area contributed by atoms with Crippen molar-refractivity contribution in [1.29, 1.82) is 0 Å². The number of hydrogen-bond donors (Lipinski definition) is 0. The third kappa shape index (κ3) is 6.94. The van der Waals surface area contributed by atoms with E-state index in [4.69, 9.17) is 0 Å². The molecular weight excluding hydrogens is 749 g/mol. The first-order chi connectivity index (χ1) is 32.4. The second-order valence-electron chi connectivity index (χ2n) is 15.4. The fourth-order valence-corrected chi connectivity index (χ4v) is 8.61. The van der Waals surface area contributed by atoms with Crippen molar-refractivity contribution in [2.45, 2.75) is 0 Å². The zero-order chi connectivity index (χ0) is 44.7. The molecule has 1 heterocycles. The zero-order valence-electron chi connectivity index (χ0n) is 37.8. The number of fused-ring (bicyclic) bond motifs is 3. The van der Waals surface area contributed by atoms with Crippen LogP contribution in [0.15, 0.2) is 255 Å². The molecule has 62 heavy (non-hydrogen) atoms. The van der Waals surface area contributed by atoms with Gasteiger partial charge in [0.05, 0.1) is 22.2 Å². The largest absolute Gasteiger partial charge is 0.310 e. The molecule has 0 atom stereocenters. The molecule has 1 aromatic heterocycles. The van der Waals surface area contributed by atoms with E-state index < -0.39 is 0 Å².